The number of carbonyl (C=O) groups is 1. The lowest BCUT2D eigenvalue weighted by Gasteiger charge is -2.09. The number of hydrogen-bond acceptors (Lipinski definition) is 5. The molecule has 1 N–H and O–H groups in total. The quantitative estimate of drug-likeness (QED) is 0.755. The maximum Gasteiger partial charge on any atom is 0.231 e. The summed E-state index contributed by atoms with van der Waals surface area (Å²) in [4.78, 5) is 16.6. The van der Waals surface area contributed by atoms with Gasteiger partial charge in [-0.05, 0) is 37.3 Å². The van der Waals surface area contributed by atoms with Crippen molar-refractivity contribution in [3.05, 3.63) is 46.2 Å². The molecule has 0 bridgehead atoms. The van der Waals surface area contributed by atoms with E-state index in [1.807, 2.05) is 25.1 Å². The van der Waals surface area contributed by atoms with Gasteiger partial charge < -0.3 is 14.6 Å². The Balaban J connectivity index is 1.81. The van der Waals surface area contributed by atoms with Crippen molar-refractivity contribution in [1.82, 2.24) is 10.1 Å². The van der Waals surface area contributed by atoms with Gasteiger partial charge in [0.15, 0.2) is 17.2 Å². The number of anilines is 1. The maximum absolute atomic E-state index is 12.3. The van der Waals surface area contributed by atoms with Crippen LogP contribution in [0.2, 0.25) is 0 Å². The first-order chi connectivity index (χ1) is 11.1. The maximum atomic E-state index is 12.3. The lowest BCUT2D eigenvalue weighted by molar-refractivity contribution is -0.115. The molecule has 0 aliphatic heterocycles. The van der Waals surface area contributed by atoms with Crippen LogP contribution >= 0.6 is 15.9 Å². The van der Waals surface area contributed by atoms with E-state index in [4.69, 9.17) is 9.26 Å². The highest BCUT2D eigenvalue weighted by Gasteiger charge is 2.15. The summed E-state index contributed by atoms with van der Waals surface area (Å²) in [5.41, 5.74) is 2.00. The molecular weight excluding hydrogens is 362 g/mol. The van der Waals surface area contributed by atoms with E-state index in [-0.39, 0.29) is 12.3 Å². The first-order valence-electron chi connectivity index (χ1n) is 6.92. The predicted molar refractivity (Wildman–Crippen MR) is 89.6 cm³/mol. The lowest BCUT2D eigenvalue weighted by Crippen LogP contribution is -2.16. The highest BCUT2D eigenvalue weighted by molar-refractivity contribution is 9.10. The van der Waals surface area contributed by atoms with E-state index in [0.29, 0.717) is 22.8 Å². The second kappa shape index (κ2) is 6.37. The second-order valence-corrected chi connectivity index (χ2v) is 5.91. The third-order valence-corrected chi connectivity index (χ3v) is 3.80. The molecule has 0 aliphatic carbocycles. The van der Waals surface area contributed by atoms with E-state index in [1.54, 1.807) is 12.1 Å². The average Bonchev–Trinajstić information content (AvgIpc) is 2.90. The number of carbonyl (C=O) groups excluding carboxylic acids is 1. The fourth-order valence-corrected chi connectivity index (χ4v) is 2.58. The molecule has 0 atom stereocenters. The standard InChI is InChI=1S/C16H14BrN3O3/c1-9-3-5-14(22-2)16(18-9)19-15(21)8-12-11-7-10(17)4-6-13(11)23-20-12/h3-7H,8H2,1-2H3,(H,18,19,21). The molecule has 0 saturated carbocycles. The molecule has 0 radical (unpaired) electrons. The number of halogens is 1. The number of methoxy groups -OCH3 is 1. The molecule has 0 spiro atoms. The van der Waals surface area contributed by atoms with Gasteiger partial charge in [-0.2, -0.15) is 0 Å². The summed E-state index contributed by atoms with van der Waals surface area (Å²) in [7, 11) is 1.53. The fraction of sp³-hybridized carbons (Fsp3) is 0.188. The molecule has 7 heteroatoms. The van der Waals surface area contributed by atoms with E-state index in [1.165, 1.54) is 7.11 Å². The molecule has 23 heavy (non-hydrogen) atoms. The van der Waals surface area contributed by atoms with Gasteiger partial charge in [-0.15, -0.1) is 0 Å². The van der Waals surface area contributed by atoms with Crippen LogP contribution in [0.25, 0.3) is 11.0 Å². The first kappa shape index (κ1) is 15.5. The van der Waals surface area contributed by atoms with E-state index >= 15 is 0 Å². The summed E-state index contributed by atoms with van der Waals surface area (Å²) in [5, 5.41) is 7.53. The Bertz CT molecular complexity index is 876. The number of amides is 1. The number of hydrogen-bond donors (Lipinski definition) is 1. The Labute approximate surface area is 141 Å². The number of pyridine rings is 1. The van der Waals surface area contributed by atoms with Crippen LogP contribution in [0, 0.1) is 6.92 Å². The van der Waals surface area contributed by atoms with Crippen molar-refractivity contribution in [3.63, 3.8) is 0 Å². The molecule has 6 nitrogen and oxygen atoms in total. The molecule has 0 fully saturated rings. The number of nitrogens with zero attached hydrogens (tertiary/aromatic N) is 2. The minimum absolute atomic E-state index is 0.0855. The molecule has 0 unspecified atom stereocenters. The molecule has 118 valence electrons. The summed E-state index contributed by atoms with van der Waals surface area (Å²) in [6, 6.07) is 9.12. The molecule has 0 saturated heterocycles. The van der Waals surface area contributed by atoms with Gasteiger partial charge in [-0.25, -0.2) is 4.98 Å². The Morgan fingerprint density at radius 2 is 2.17 bits per heavy atom. The van der Waals surface area contributed by atoms with Crippen molar-refractivity contribution in [2.45, 2.75) is 13.3 Å². The number of fused-ring (bicyclic) bond motifs is 1. The van der Waals surface area contributed by atoms with Crippen molar-refractivity contribution in [2.75, 3.05) is 12.4 Å². The van der Waals surface area contributed by atoms with Crippen molar-refractivity contribution in [1.29, 1.82) is 0 Å². The molecule has 1 aromatic carbocycles. The van der Waals surface area contributed by atoms with Crippen LogP contribution in [0.15, 0.2) is 39.3 Å². The van der Waals surface area contributed by atoms with Crippen LogP contribution in [0.3, 0.4) is 0 Å². The minimum Gasteiger partial charge on any atom is -0.493 e. The molecule has 1 amide bonds. The number of aryl methyl sites for hydroxylation is 1. The number of aromatic nitrogens is 2. The van der Waals surface area contributed by atoms with Gasteiger partial charge in [0.05, 0.1) is 13.5 Å². The molecule has 2 aromatic heterocycles. The summed E-state index contributed by atoms with van der Waals surface area (Å²) in [6.45, 7) is 1.85. The zero-order valence-electron chi connectivity index (χ0n) is 12.6. The summed E-state index contributed by atoms with van der Waals surface area (Å²) in [6.07, 6.45) is 0.0855. The third-order valence-electron chi connectivity index (χ3n) is 3.31. The highest BCUT2D eigenvalue weighted by Crippen LogP contribution is 2.25. The van der Waals surface area contributed by atoms with E-state index in [0.717, 1.165) is 15.6 Å². The Morgan fingerprint density at radius 3 is 2.96 bits per heavy atom. The van der Waals surface area contributed by atoms with Gasteiger partial charge in [-0.1, -0.05) is 21.1 Å². The van der Waals surface area contributed by atoms with Gasteiger partial charge in [0.1, 0.15) is 5.69 Å². The number of ether oxygens (including phenoxy) is 1. The summed E-state index contributed by atoms with van der Waals surface area (Å²) >= 11 is 3.40. The van der Waals surface area contributed by atoms with E-state index < -0.39 is 0 Å². The van der Waals surface area contributed by atoms with Gasteiger partial charge >= 0.3 is 0 Å². The van der Waals surface area contributed by atoms with Crippen LogP contribution in [0.4, 0.5) is 5.82 Å². The van der Waals surface area contributed by atoms with Gasteiger partial charge in [-0.3, -0.25) is 4.79 Å². The van der Waals surface area contributed by atoms with Crippen LogP contribution in [0.1, 0.15) is 11.4 Å². The van der Waals surface area contributed by atoms with E-state index in [2.05, 4.69) is 31.4 Å². The Hall–Kier alpha value is -2.41. The van der Waals surface area contributed by atoms with Crippen LogP contribution < -0.4 is 10.1 Å². The lowest BCUT2D eigenvalue weighted by atomic mass is 10.1. The smallest absolute Gasteiger partial charge is 0.231 e. The Morgan fingerprint density at radius 1 is 1.35 bits per heavy atom. The van der Waals surface area contributed by atoms with Crippen molar-refractivity contribution < 1.29 is 14.1 Å². The van der Waals surface area contributed by atoms with Crippen LogP contribution in [-0.2, 0) is 11.2 Å². The highest BCUT2D eigenvalue weighted by atomic mass is 79.9. The summed E-state index contributed by atoms with van der Waals surface area (Å²) in [5.74, 6) is 0.666. The molecular formula is C16H14BrN3O3. The zero-order valence-corrected chi connectivity index (χ0v) is 14.2. The van der Waals surface area contributed by atoms with Crippen molar-refractivity contribution >= 4 is 38.6 Å². The fourth-order valence-electron chi connectivity index (χ4n) is 2.21. The minimum atomic E-state index is -0.239. The van der Waals surface area contributed by atoms with Crippen LogP contribution in [0.5, 0.6) is 5.75 Å². The largest absolute Gasteiger partial charge is 0.493 e. The van der Waals surface area contributed by atoms with Crippen molar-refractivity contribution in [2.24, 2.45) is 0 Å². The topological polar surface area (TPSA) is 77.2 Å². The number of nitrogens with one attached hydrogen (secondary N) is 1. The first-order valence-corrected chi connectivity index (χ1v) is 7.71. The third kappa shape index (κ3) is 3.34. The van der Waals surface area contributed by atoms with Gasteiger partial charge in [0.25, 0.3) is 0 Å². The monoisotopic (exact) mass is 375 g/mol. The molecule has 0 aliphatic rings. The predicted octanol–water partition coefficient (Wildman–Crippen LogP) is 3.48. The zero-order chi connectivity index (χ0) is 16.4. The summed E-state index contributed by atoms with van der Waals surface area (Å²) < 4.78 is 11.3. The van der Waals surface area contributed by atoms with Gasteiger partial charge in [0.2, 0.25) is 5.91 Å². The molecule has 3 aromatic rings. The molecule has 2 heterocycles. The van der Waals surface area contributed by atoms with Crippen molar-refractivity contribution in [3.8, 4) is 5.75 Å². The average molecular weight is 376 g/mol. The SMILES string of the molecule is COc1ccc(C)nc1NC(=O)Cc1noc2ccc(Br)cc12. The molecule has 3 rings (SSSR count). The number of rotatable bonds is 4. The number of benzene rings is 1. The van der Waals surface area contributed by atoms with E-state index in [9.17, 15) is 4.79 Å². The van der Waals surface area contributed by atoms with Gasteiger partial charge in [0, 0.05) is 15.6 Å². The Kier molecular flexibility index (Phi) is 4.29. The van der Waals surface area contributed by atoms with Crippen LogP contribution in [-0.4, -0.2) is 23.2 Å². The normalized spacial score (nSPS) is 10.7. The second-order valence-electron chi connectivity index (χ2n) is 5.00.